The molecule has 1 amide bonds. The highest BCUT2D eigenvalue weighted by molar-refractivity contribution is 5.86. The van der Waals surface area contributed by atoms with Crippen LogP contribution in [0.5, 0.6) is 0 Å². The van der Waals surface area contributed by atoms with E-state index in [0.29, 0.717) is 0 Å². The van der Waals surface area contributed by atoms with Crippen molar-refractivity contribution in [1.29, 1.82) is 0 Å². The Labute approximate surface area is 101 Å². The molecule has 0 aliphatic heterocycles. The molecule has 3 N–H and O–H groups in total. The van der Waals surface area contributed by atoms with Gasteiger partial charge >= 0.3 is 11.9 Å². The first-order chi connectivity index (χ1) is 8.32. The zero-order valence-corrected chi connectivity index (χ0v) is 9.27. The third-order valence-corrected chi connectivity index (χ3v) is 1.73. The maximum absolute atomic E-state index is 11.7. The Morgan fingerprint density at radius 3 is 2.28 bits per heavy atom. The van der Waals surface area contributed by atoms with Crippen LogP contribution >= 0.6 is 0 Å². The Hall–Kier alpha value is -1.77. The van der Waals surface area contributed by atoms with Crippen molar-refractivity contribution in [3.63, 3.8) is 0 Å². The Bertz CT molecular complexity index is 309. The van der Waals surface area contributed by atoms with Gasteiger partial charge < -0.3 is 20.3 Å². The lowest BCUT2D eigenvalue weighted by Gasteiger charge is -2.12. The summed E-state index contributed by atoms with van der Waals surface area (Å²) < 4.78 is 27.7. The van der Waals surface area contributed by atoms with Gasteiger partial charge in [-0.05, 0) is 0 Å². The summed E-state index contributed by atoms with van der Waals surface area (Å²) in [5.41, 5.74) is 0. The minimum absolute atomic E-state index is 0.296. The number of alkyl halides is 2. The first-order valence-corrected chi connectivity index (χ1v) is 4.92. The fraction of sp³-hybridized carbons (Fsp3) is 0.667. The Balaban J connectivity index is 3.95. The van der Waals surface area contributed by atoms with E-state index in [2.05, 4.69) is 4.74 Å². The van der Waals surface area contributed by atoms with Gasteiger partial charge in [-0.15, -0.1) is 0 Å². The molecule has 0 bridgehead atoms. The average molecular weight is 269 g/mol. The molecular weight excluding hydrogens is 256 g/mol. The number of carboxylic acid groups (broad SMARTS) is 2. The molecule has 7 nitrogen and oxygen atoms in total. The van der Waals surface area contributed by atoms with Crippen molar-refractivity contribution in [2.45, 2.75) is 25.3 Å². The van der Waals surface area contributed by atoms with Crippen molar-refractivity contribution >= 4 is 17.8 Å². The van der Waals surface area contributed by atoms with Crippen LogP contribution in [0.2, 0.25) is 0 Å². The Morgan fingerprint density at radius 2 is 1.83 bits per heavy atom. The Morgan fingerprint density at radius 1 is 1.22 bits per heavy atom. The minimum Gasteiger partial charge on any atom is -0.481 e. The second-order valence-corrected chi connectivity index (χ2v) is 3.27. The summed E-state index contributed by atoms with van der Waals surface area (Å²) in [4.78, 5) is 32.0. The third-order valence-electron chi connectivity index (χ3n) is 1.73. The first-order valence-electron chi connectivity index (χ1n) is 4.92. The van der Waals surface area contributed by atoms with Crippen LogP contribution in [0.1, 0.15) is 12.8 Å². The molecule has 0 aromatic heterocycles. The number of carboxylic acids is 2. The zero-order chi connectivity index (χ0) is 14.1. The number of halogens is 2. The molecule has 0 aliphatic rings. The average Bonchev–Trinajstić information content (AvgIpc) is 2.22. The van der Waals surface area contributed by atoms with E-state index < -0.39 is 43.3 Å². The molecule has 1 atom stereocenters. The number of carbonyl (C=O) groups excluding carboxylic acids is 1. The van der Waals surface area contributed by atoms with Gasteiger partial charge in [0.2, 0.25) is 5.91 Å². The quantitative estimate of drug-likeness (QED) is 0.495. The summed E-state index contributed by atoms with van der Waals surface area (Å²) in [6.07, 6.45) is -3.73. The van der Waals surface area contributed by atoms with Gasteiger partial charge in [-0.1, -0.05) is 0 Å². The summed E-state index contributed by atoms with van der Waals surface area (Å²) in [5.74, 6) is -3.64. The maximum Gasteiger partial charge on any atom is 0.326 e. The highest BCUT2D eigenvalue weighted by Gasteiger charge is 2.22. The number of ether oxygens (including phenoxy) is 1. The predicted octanol–water partition coefficient (Wildman–Crippen LogP) is -0.298. The van der Waals surface area contributed by atoms with Crippen molar-refractivity contribution < 1.29 is 38.1 Å². The van der Waals surface area contributed by atoms with E-state index in [1.165, 1.54) is 0 Å². The van der Waals surface area contributed by atoms with Crippen LogP contribution in [0.25, 0.3) is 0 Å². The molecule has 0 saturated carbocycles. The lowest BCUT2D eigenvalue weighted by Crippen LogP contribution is -2.42. The first kappa shape index (κ1) is 16.2. The van der Waals surface area contributed by atoms with Crippen molar-refractivity contribution in [2.24, 2.45) is 0 Å². The molecule has 0 aromatic carbocycles. The van der Waals surface area contributed by atoms with Gasteiger partial charge in [-0.3, -0.25) is 9.59 Å². The second-order valence-electron chi connectivity index (χ2n) is 3.27. The van der Waals surface area contributed by atoms with Gasteiger partial charge in [0.25, 0.3) is 6.43 Å². The standard InChI is InChI=1S/C9H13F2NO6/c10-6(11)4-18-2-1-7(13)12-5(9(16)17)3-8(14)15/h5-6H,1-4H2,(H,12,13)(H,14,15)(H,16,17). The number of aliphatic carboxylic acids is 2. The number of carbonyl (C=O) groups is 3. The highest BCUT2D eigenvalue weighted by atomic mass is 19.3. The molecule has 104 valence electrons. The van der Waals surface area contributed by atoms with E-state index in [-0.39, 0.29) is 13.0 Å². The largest absolute Gasteiger partial charge is 0.481 e. The fourth-order valence-corrected chi connectivity index (χ4v) is 0.978. The highest BCUT2D eigenvalue weighted by Crippen LogP contribution is 1.96. The van der Waals surface area contributed by atoms with E-state index in [1.807, 2.05) is 5.32 Å². The lowest BCUT2D eigenvalue weighted by molar-refractivity contribution is -0.147. The summed E-state index contributed by atoms with van der Waals surface area (Å²) in [7, 11) is 0. The van der Waals surface area contributed by atoms with E-state index in [4.69, 9.17) is 10.2 Å². The Kier molecular flexibility index (Phi) is 7.52. The summed E-state index contributed by atoms with van der Waals surface area (Å²) in [5, 5.41) is 19.0. The van der Waals surface area contributed by atoms with E-state index in [1.54, 1.807) is 0 Å². The normalized spacial score (nSPS) is 12.2. The number of hydrogen-bond acceptors (Lipinski definition) is 4. The van der Waals surface area contributed by atoms with Crippen LogP contribution in [-0.4, -0.2) is 53.7 Å². The van der Waals surface area contributed by atoms with Crippen LogP contribution in [0, 0.1) is 0 Å². The zero-order valence-electron chi connectivity index (χ0n) is 9.27. The minimum atomic E-state index is -2.65. The summed E-state index contributed by atoms with van der Waals surface area (Å²) >= 11 is 0. The molecule has 0 fully saturated rings. The van der Waals surface area contributed by atoms with E-state index in [9.17, 15) is 23.2 Å². The molecule has 0 rings (SSSR count). The number of amides is 1. The molecule has 1 unspecified atom stereocenters. The second kappa shape index (κ2) is 8.34. The van der Waals surface area contributed by atoms with Crippen LogP contribution in [0.4, 0.5) is 8.78 Å². The lowest BCUT2D eigenvalue weighted by atomic mass is 10.2. The van der Waals surface area contributed by atoms with Crippen LogP contribution in [-0.2, 0) is 19.1 Å². The molecule has 0 heterocycles. The van der Waals surface area contributed by atoms with Gasteiger partial charge in [-0.2, -0.15) is 0 Å². The summed E-state index contributed by atoms with van der Waals surface area (Å²) in [6, 6.07) is -1.55. The molecule has 0 aliphatic carbocycles. The molecule has 18 heavy (non-hydrogen) atoms. The van der Waals surface area contributed by atoms with E-state index >= 15 is 0 Å². The van der Waals surface area contributed by atoms with Gasteiger partial charge in [0.15, 0.2) is 0 Å². The van der Waals surface area contributed by atoms with Crippen molar-refractivity contribution in [1.82, 2.24) is 5.32 Å². The van der Waals surface area contributed by atoms with Crippen molar-refractivity contribution in [3.8, 4) is 0 Å². The topological polar surface area (TPSA) is 113 Å². The third kappa shape index (κ3) is 8.39. The van der Waals surface area contributed by atoms with Crippen LogP contribution in [0.15, 0.2) is 0 Å². The molecule has 9 heteroatoms. The van der Waals surface area contributed by atoms with Gasteiger partial charge in [0.1, 0.15) is 12.6 Å². The van der Waals surface area contributed by atoms with Crippen LogP contribution < -0.4 is 5.32 Å². The van der Waals surface area contributed by atoms with Gasteiger partial charge in [-0.25, -0.2) is 13.6 Å². The SMILES string of the molecule is O=C(O)CC(NC(=O)CCOCC(F)F)C(=O)O. The molecule has 0 aromatic rings. The molecule has 0 spiro atoms. The number of hydrogen-bond donors (Lipinski definition) is 3. The maximum atomic E-state index is 11.7. The van der Waals surface area contributed by atoms with Crippen molar-refractivity contribution in [2.75, 3.05) is 13.2 Å². The van der Waals surface area contributed by atoms with Crippen molar-refractivity contribution in [3.05, 3.63) is 0 Å². The predicted molar refractivity (Wildman–Crippen MR) is 53.3 cm³/mol. The fourth-order valence-electron chi connectivity index (χ4n) is 0.978. The van der Waals surface area contributed by atoms with Gasteiger partial charge in [0, 0.05) is 6.42 Å². The molecule has 0 saturated heterocycles. The number of rotatable bonds is 9. The number of nitrogens with one attached hydrogen (secondary N) is 1. The smallest absolute Gasteiger partial charge is 0.326 e. The molecule has 0 radical (unpaired) electrons. The molecular formula is C9H13F2NO6. The van der Waals surface area contributed by atoms with Gasteiger partial charge in [0.05, 0.1) is 13.0 Å². The summed E-state index contributed by atoms with van der Waals surface area (Å²) in [6.45, 7) is -1.11. The monoisotopic (exact) mass is 269 g/mol. The van der Waals surface area contributed by atoms with Crippen LogP contribution in [0.3, 0.4) is 0 Å². The van der Waals surface area contributed by atoms with E-state index in [0.717, 1.165) is 0 Å².